The first-order valence-corrected chi connectivity index (χ1v) is 13.3. The van der Waals surface area contributed by atoms with Crippen LogP contribution in [-0.4, -0.2) is 24.3 Å². The summed E-state index contributed by atoms with van der Waals surface area (Å²) in [4.78, 5) is 2.05. The van der Waals surface area contributed by atoms with E-state index < -0.39 is 28.9 Å². The van der Waals surface area contributed by atoms with Gasteiger partial charge >= 0.3 is 17.8 Å². The number of thiophene rings is 2. The van der Waals surface area contributed by atoms with E-state index in [1.807, 2.05) is 6.08 Å². The third-order valence-electron chi connectivity index (χ3n) is 7.17. The fourth-order valence-corrected chi connectivity index (χ4v) is 7.53. The van der Waals surface area contributed by atoms with E-state index in [0.29, 0.717) is 21.2 Å². The Morgan fingerprint density at radius 2 is 1.43 bits per heavy atom. The number of rotatable bonds is 4. The van der Waals surface area contributed by atoms with E-state index in [1.165, 1.54) is 30.4 Å². The van der Waals surface area contributed by atoms with E-state index in [0.717, 1.165) is 53.9 Å². The molecule has 0 spiro atoms. The van der Waals surface area contributed by atoms with E-state index in [1.54, 1.807) is 19.2 Å². The Bertz CT molecular complexity index is 1240. The lowest BCUT2D eigenvalue weighted by atomic mass is 9.87. The number of halogens is 6. The lowest BCUT2D eigenvalue weighted by Gasteiger charge is -2.25. The fraction of sp³-hybridized carbons (Fsp3) is 0.462. The summed E-state index contributed by atoms with van der Waals surface area (Å²) in [6.07, 6.45) is 10.2. The van der Waals surface area contributed by atoms with Gasteiger partial charge in [-0.2, -0.15) is 26.3 Å². The van der Waals surface area contributed by atoms with Crippen molar-refractivity contribution in [3.05, 3.63) is 61.1 Å². The van der Waals surface area contributed by atoms with Gasteiger partial charge in [-0.25, -0.2) is 0 Å². The molecule has 1 saturated carbocycles. The molecule has 0 radical (unpaired) electrons. The molecule has 35 heavy (non-hydrogen) atoms. The summed E-state index contributed by atoms with van der Waals surface area (Å²) in [6, 6.07) is 2.82. The summed E-state index contributed by atoms with van der Waals surface area (Å²) < 4.78 is 90.8. The normalized spacial score (nSPS) is 23.5. The molecule has 0 amide bonds. The lowest BCUT2D eigenvalue weighted by molar-refractivity contribution is -0.254. The van der Waals surface area contributed by atoms with Crippen LogP contribution in [0, 0.1) is 13.8 Å². The molecule has 0 aromatic carbocycles. The van der Waals surface area contributed by atoms with Gasteiger partial charge in [0.2, 0.25) is 0 Å². The molecule has 0 saturated heterocycles. The summed E-state index contributed by atoms with van der Waals surface area (Å²) in [7, 11) is 0. The third-order valence-corrected chi connectivity index (χ3v) is 9.49. The zero-order valence-electron chi connectivity index (χ0n) is 19.3. The maximum atomic E-state index is 15.3. The summed E-state index contributed by atoms with van der Waals surface area (Å²) in [5.74, 6) is -15.4. The van der Waals surface area contributed by atoms with Crippen LogP contribution in [0.2, 0.25) is 0 Å². The summed E-state index contributed by atoms with van der Waals surface area (Å²) in [5.41, 5.74) is -2.16. The standard InChI is InChI=1S/C26H25F6NS2/c1-14-18(12-20(34-14)16-6-4-3-5-7-16)22-23(25(29,30)26(31,32)24(22,27)28)19-13-21(35-15(19)2)17-8-10-33-11-9-17/h8-10,12-13,16,33H,3-7,11H2,1-2H3. The van der Waals surface area contributed by atoms with Crippen LogP contribution in [0.5, 0.6) is 0 Å². The molecule has 3 aliphatic rings. The molecule has 2 aromatic rings. The van der Waals surface area contributed by atoms with Crippen molar-refractivity contribution in [3.8, 4) is 0 Å². The number of dihydropyridines is 1. The van der Waals surface area contributed by atoms with Crippen molar-refractivity contribution in [2.45, 2.75) is 69.6 Å². The predicted octanol–water partition coefficient (Wildman–Crippen LogP) is 8.80. The highest BCUT2D eigenvalue weighted by molar-refractivity contribution is 7.13. The number of hydrogen-bond donors (Lipinski definition) is 1. The van der Waals surface area contributed by atoms with Crippen LogP contribution in [0.3, 0.4) is 0 Å². The summed E-state index contributed by atoms with van der Waals surface area (Å²) >= 11 is 2.39. The number of nitrogens with one attached hydrogen (secondary N) is 1. The second kappa shape index (κ2) is 8.54. The zero-order chi connectivity index (χ0) is 25.2. The largest absolute Gasteiger partial charge is 0.387 e. The van der Waals surface area contributed by atoms with Gasteiger partial charge in [-0.05, 0) is 73.7 Å². The maximum Gasteiger partial charge on any atom is 0.380 e. The Hall–Kier alpha value is -2.00. The van der Waals surface area contributed by atoms with Gasteiger partial charge in [0.05, 0.1) is 0 Å². The van der Waals surface area contributed by atoms with Gasteiger partial charge in [-0.3, -0.25) is 0 Å². The van der Waals surface area contributed by atoms with Crippen LogP contribution in [0.25, 0.3) is 16.7 Å². The Kier molecular flexibility index (Phi) is 6.02. The molecule has 3 heterocycles. The molecule has 1 fully saturated rings. The molecule has 0 unspecified atom stereocenters. The van der Waals surface area contributed by atoms with Crippen molar-refractivity contribution in [1.82, 2.24) is 5.32 Å². The highest BCUT2D eigenvalue weighted by Crippen LogP contribution is 2.66. The predicted molar refractivity (Wildman–Crippen MR) is 131 cm³/mol. The van der Waals surface area contributed by atoms with Crippen LogP contribution in [0.15, 0.2) is 30.5 Å². The number of aryl methyl sites for hydroxylation is 2. The van der Waals surface area contributed by atoms with Crippen LogP contribution < -0.4 is 5.32 Å². The molecule has 188 valence electrons. The minimum Gasteiger partial charge on any atom is -0.387 e. The molecular formula is C26H25F6NS2. The average Bonchev–Trinajstić information content (AvgIpc) is 3.42. The van der Waals surface area contributed by atoms with Crippen molar-refractivity contribution >= 4 is 39.4 Å². The molecule has 1 nitrogen and oxygen atoms in total. The Balaban J connectivity index is 1.72. The Morgan fingerprint density at radius 3 is 2.03 bits per heavy atom. The second-order valence-corrected chi connectivity index (χ2v) is 12.0. The maximum absolute atomic E-state index is 15.3. The SMILES string of the molecule is Cc1sc(C2=CCNC=C2)cc1C1=C(c2cc(C3CCCCC3)sc2C)C(F)(F)C(F)(F)C1(F)F. The van der Waals surface area contributed by atoms with Crippen LogP contribution in [0.4, 0.5) is 26.3 Å². The average molecular weight is 530 g/mol. The van der Waals surface area contributed by atoms with Gasteiger partial charge in [0.1, 0.15) is 0 Å². The lowest BCUT2D eigenvalue weighted by Crippen LogP contribution is -2.48. The first-order valence-electron chi connectivity index (χ1n) is 11.7. The molecule has 2 aliphatic carbocycles. The van der Waals surface area contributed by atoms with E-state index in [4.69, 9.17) is 0 Å². The molecule has 1 N–H and O–H groups in total. The number of allylic oxidation sites excluding steroid dienone is 4. The first-order chi connectivity index (χ1) is 16.5. The Morgan fingerprint density at radius 1 is 0.829 bits per heavy atom. The van der Waals surface area contributed by atoms with Crippen molar-refractivity contribution in [2.75, 3.05) is 6.54 Å². The highest BCUT2D eigenvalue weighted by Gasteiger charge is 2.80. The van der Waals surface area contributed by atoms with Gasteiger partial charge in [0.25, 0.3) is 0 Å². The van der Waals surface area contributed by atoms with E-state index in [2.05, 4.69) is 5.32 Å². The zero-order valence-corrected chi connectivity index (χ0v) is 20.9. The summed E-state index contributed by atoms with van der Waals surface area (Å²) in [6.45, 7) is 3.59. The smallest absolute Gasteiger partial charge is 0.380 e. The summed E-state index contributed by atoms with van der Waals surface area (Å²) in [5, 5.41) is 2.98. The minimum absolute atomic E-state index is 0.148. The fourth-order valence-electron chi connectivity index (χ4n) is 5.28. The molecular weight excluding hydrogens is 504 g/mol. The quantitative estimate of drug-likeness (QED) is 0.390. The molecule has 0 atom stereocenters. The highest BCUT2D eigenvalue weighted by atomic mass is 32.1. The first kappa shape index (κ1) is 24.7. The van der Waals surface area contributed by atoms with Crippen LogP contribution in [0.1, 0.15) is 68.7 Å². The number of alkyl halides is 6. The monoisotopic (exact) mass is 529 g/mol. The molecule has 0 bridgehead atoms. The van der Waals surface area contributed by atoms with Crippen molar-refractivity contribution in [3.63, 3.8) is 0 Å². The van der Waals surface area contributed by atoms with E-state index in [-0.39, 0.29) is 17.0 Å². The van der Waals surface area contributed by atoms with Crippen molar-refractivity contribution in [2.24, 2.45) is 0 Å². The molecule has 1 aliphatic heterocycles. The van der Waals surface area contributed by atoms with Gasteiger partial charge in [-0.15, -0.1) is 22.7 Å². The molecule has 5 rings (SSSR count). The van der Waals surface area contributed by atoms with Gasteiger partial charge in [-0.1, -0.05) is 25.3 Å². The number of hydrogen-bond acceptors (Lipinski definition) is 3. The Labute approximate surface area is 208 Å². The third kappa shape index (κ3) is 3.72. The van der Waals surface area contributed by atoms with Gasteiger partial charge in [0.15, 0.2) is 0 Å². The topological polar surface area (TPSA) is 12.0 Å². The van der Waals surface area contributed by atoms with Crippen LogP contribution in [-0.2, 0) is 0 Å². The van der Waals surface area contributed by atoms with Gasteiger partial charge < -0.3 is 5.32 Å². The van der Waals surface area contributed by atoms with Crippen molar-refractivity contribution < 1.29 is 26.3 Å². The van der Waals surface area contributed by atoms with E-state index in [9.17, 15) is 8.78 Å². The van der Waals surface area contributed by atoms with Crippen LogP contribution >= 0.6 is 22.7 Å². The minimum atomic E-state index is -5.54. The molecule has 9 heteroatoms. The van der Waals surface area contributed by atoms with Gasteiger partial charge in [0, 0.05) is 37.2 Å². The van der Waals surface area contributed by atoms with E-state index >= 15 is 17.6 Å². The molecule has 2 aromatic heterocycles. The second-order valence-electron chi connectivity index (χ2n) is 9.41. The van der Waals surface area contributed by atoms with Crippen molar-refractivity contribution in [1.29, 1.82) is 0 Å².